The first kappa shape index (κ1) is 18.6. The number of rotatable bonds is 2. The van der Waals surface area contributed by atoms with Crippen LogP contribution in [0.5, 0.6) is 0 Å². The maximum Gasteiger partial charge on any atom is 0.415 e. The maximum absolute atomic E-state index is 12.8. The van der Waals surface area contributed by atoms with Crippen LogP contribution < -0.4 is 0 Å². The second-order valence-electron chi connectivity index (χ2n) is 4.62. The van der Waals surface area contributed by atoms with Gasteiger partial charge in [-0.15, -0.1) is 0 Å². The maximum atomic E-state index is 12.8. The van der Waals surface area contributed by atoms with E-state index >= 15 is 0 Å². The third-order valence-electron chi connectivity index (χ3n) is 3.11. The predicted molar refractivity (Wildman–Crippen MR) is 56.7 cm³/mol. The van der Waals surface area contributed by atoms with Gasteiger partial charge in [-0.2, -0.15) is 39.5 Å². The highest BCUT2D eigenvalue weighted by atomic mass is 19.4. The van der Waals surface area contributed by atoms with Crippen LogP contribution in [0, 0.1) is 12.3 Å². The van der Waals surface area contributed by atoms with Crippen LogP contribution in [-0.2, 0) is 0 Å². The summed E-state index contributed by atoms with van der Waals surface area (Å²) in [4.78, 5) is 0. The van der Waals surface area contributed by atoms with Crippen molar-refractivity contribution in [2.45, 2.75) is 31.6 Å². The summed E-state index contributed by atoms with van der Waals surface area (Å²) in [5.41, 5.74) is -7.32. The predicted octanol–water partition coefficient (Wildman–Crippen LogP) is 4.70. The highest BCUT2D eigenvalue weighted by Crippen LogP contribution is 2.64. The second kappa shape index (κ2) is 5.32. The van der Waals surface area contributed by atoms with Gasteiger partial charge in [0, 0.05) is 0 Å². The van der Waals surface area contributed by atoms with Gasteiger partial charge >= 0.3 is 18.5 Å². The summed E-state index contributed by atoms with van der Waals surface area (Å²) in [6.45, 7) is 1.24. The van der Waals surface area contributed by atoms with Crippen LogP contribution in [0.4, 0.5) is 39.5 Å². The number of aliphatic hydroxyl groups is 1. The fraction of sp³-hybridized carbons (Fsp3) is 0.500. The first-order valence-corrected chi connectivity index (χ1v) is 5.61. The zero-order chi connectivity index (χ0) is 17.6. The second-order valence-corrected chi connectivity index (χ2v) is 4.62. The molecule has 0 saturated heterocycles. The molecule has 1 aromatic carbocycles. The third-order valence-corrected chi connectivity index (χ3v) is 3.11. The third kappa shape index (κ3) is 2.75. The molecule has 0 radical (unpaired) electrons. The molecule has 0 bridgehead atoms. The molecule has 22 heavy (non-hydrogen) atoms. The van der Waals surface area contributed by atoms with Crippen molar-refractivity contribution in [2.24, 2.45) is 5.41 Å². The molecular formula is C12H9F9O. The molecule has 1 unspecified atom stereocenters. The molecule has 1 nitrogen and oxygen atoms in total. The molecule has 0 aliphatic rings. The standard InChI is InChI=1S/C12H9F9O/c1-6-3-2-4-7(5-6)8(22)9(10(13,14)15,11(16,17)18)12(19,20)21/h2-5,8,22H,1H3. The SMILES string of the molecule is Cc1cccc(C(O)C(C(F)(F)F)(C(F)(F)F)C(F)(F)F)c1. The zero-order valence-electron chi connectivity index (χ0n) is 10.7. The summed E-state index contributed by atoms with van der Waals surface area (Å²) in [6, 6.07) is 3.38. The van der Waals surface area contributed by atoms with Crippen LogP contribution >= 0.6 is 0 Å². The molecular weight excluding hydrogens is 331 g/mol. The molecule has 1 rings (SSSR count). The lowest BCUT2D eigenvalue weighted by atomic mass is 9.76. The highest BCUT2D eigenvalue weighted by molar-refractivity contribution is 5.27. The van der Waals surface area contributed by atoms with E-state index in [-0.39, 0.29) is 5.56 Å². The Balaban J connectivity index is 3.71. The Kier molecular flexibility index (Phi) is 4.50. The Morgan fingerprint density at radius 1 is 0.818 bits per heavy atom. The van der Waals surface area contributed by atoms with Crippen LogP contribution in [0.25, 0.3) is 0 Å². The number of hydrogen-bond donors (Lipinski definition) is 1. The molecule has 0 saturated carbocycles. The smallest absolute Gasteiger partial charge is 0.387 e. The van der Waals surface area contributed by atoms with Crippen LogP contribution in [0.2, 0.25) is 0 Å². The fourth-order valence-corrected chi connectivity index (χ4v) is 2.04. The Hall–Kier alpha value is -1.45. The van der Waals surface area contributed by atoms with Gasteiger partial charge in [0.1, 0.15) is 6.10 Å². The van der Waals surface area contributed by atoms with Crippen LogP contribution in [0.15, 0.2) is 24.3 Å². The van der Waals surface area contributed by atoms with Gasteiger partial charge < -0.3 is 5.11 Å². The molecule has 0 aromatic heterocycles. The summed E-state index contributed by atoms with van der Waals surface area (Å²) < 4.78 is 115. The Bertz CT molecular complexity index is 491. The molecule has 0 aliphatic heterocycles. The van der Waals surface area contributed by atoms with E-state index in [9.17, 15) is 44.6 Å². The Morgan fingerprint density at radius 2 is 1.23 bits per heavy atom. The lowest BCUT2D eigenvalue weighted by molar-refractivity contribution is -0.449. The van der Waals surface area contributed by atoms with Crippen LogP contribution in [0.3, 0.4) is 0 Å². The summed E-state index contributed by atoms with van der Waals surface area (Å²) in [6.07, 6.45) is -24.3. The molecule has 0 heterocycles. The van der Waals surface area contributed by atoms with Gasteiger partial charge in [0.05, 0.1) is 0 Å². The lowest BCUT2D eigenvalue weighted by Gasteiger charge is -2.41. The van der Waals surface area contributed by atoms with E-state index in [1.54, 1.807) is 0 Å². The minimum absolute atomic E-state index is 0.0944. The summed E-state index contributed by atoms with van der Waals surface area (Å²) in [5, 5.41) is 9.40. The van der Waals surface area contributed by atoms with Gasteiger partial charge in [0.15, 0.2) is 0 Å². The van der Waals surface area contributed by atoms with Gasteiger partial charge in [-0.1, -0.05) is 29.8 Å². The quantitative estimate of drug-likeness (QED) is 0.774. The monoisotopic (exact) mass is 340 g/mol. The topological polar surface area (TPSA) is 20.2 Å². The van der Waals surface area contributed by atoms with Crippen molar-refractivity contribution in [3.05, 3.63) is 35.4 Å². The van der Waals surface area contributed by atoms with Gasteiger partial charge in [0.25, 0.3) is 5.41 Å². The van der Waals surface area contributed by atoms with Crippen molar-refractivity contribution in [3.8, 4) is 0 Å². The number of aryl methyl sites for hydroxylation is 1. The minimum atomic E-state index is -6.80. The summed E-state index contributed by atoms with van der Waals surface area (Å²) in [5.74, 6) is 0. The van der Waals surface area contributed by atoms with Gasteiger partial charge in [0.2, 0.25) is 0 Å². The molecule has 10 heteroatoms. The normalized spacial score (nSPS) is 15.8. The van der Waals surface area contributed by atoms with E-state index in [0.717, 1.165) is 6.07 Å². The number of benzene rings is 1. The largest absolute Gasteiger partial charge is 0.415 e. The first-order chi connectivity index (χ1) is 9.66. The molecule has 0 spiro atoms. The Labute approximate surface area is 118 Å². The summed E-state index contributed by atoms with van der Waals surface area (Å²) in [7, 11) is 0. The van der Waals surface area contributed by atoms with Gasteiger partial charge in [-0.3, -0.25) is 0 Å². The Morgan fingerprint density at radius 3 is 1.55 bits per heavy atom. The molecule has 0 amide bonds. The molecule has 0 aliphatic carbocycles. The average Bonchev–Trinajstić information content (AvgIpc) is 2.23. The lowest BCUT2D eigenvalue weighted by Crippen LogP contribution is -2.62. The van der Waals surface area contributed by atoms with E-state index in [1.165, 1.54) is 13.0 Å². The van der Waals surface area contributed by atoms with Crippen molar-refractivity contribution in [3.63, 3.8) is 0 Å². The van der Waals surface area contributed by atoms with Crippen molar-refractivity contribution < 1.29 is 44.6 Å². The average molecular weight is 340 g/mol. The van der Waals surface area contributed by atoms with Crippen molar-refractivity contribution in [1.29, 1.82) is 0 Å². The van der Waals surface area contributed by atoms with E-state index in [2.05, 4.69) is 0 Å². The number of alkyl halides is 9. The minimum Gasteiger partial charge on any atom is -0.387 e. The molecule has 1 aromatic rings. The van der Waals surface area contributed by atoms with Crippen molar-refractivity contribution in [1.82, 2.24) is 0 Å². The molecule has 1 N–H and O–H groups in total. The molecule has 126 valence electrons. The number of hydrogen-bond acceptors (Lipinski definition) is 1. The number of aliphatic hydroxyl groups excluding tert-OH is 1. The number of halogens is 9. The highest BCUT2D eigenvalue weighted by Gasteiger charge is 2.86. The van der Waals surface area contributed by atoms with Crippen molar-refractivity contribution in [2.75, 3.05) is 0 Å². The van der Waals surface area contributed by atoms with E-state index in [1.807, 2.05) is 0 Å². The zero-order valence-corrected chi connectivity index (χ0v) is 10.7. The molecule has 1 atom stereocenters. The van der Waals surface area contributed by atoms with Crippen LogP contribution in [-0.4, -0.2) is 23.6 Å². The van der Waals surface area contributed by atoms with E-state index < -0.39 is 35.6 Å². The van der Waals surface area contributed by atoms with Gasteiger partial charge in [-0.05, 0) is 12.5 Å². The van der Waals surface area contributed by atoms with E-state index in [4.69, 9.17) is 0 Å². The summed E-state index contributed by atoms with van der Waals surface area (Å²) >= 11 is 0. The first-order valence-electron chi connectivity index (χ1n) is 5.61. The molecule has 0 fully saturated rings. The fourth-order valence-electron chi connectivity index (χ4n) is 2.04. The van der Waals surface area contributed by atoms with Crippen molar-refractivity contribution >= 4 is 0 Å². The van der Waals surface area contributed by atoms with E-state index in [0.29, 0.717) is 12.1 Å². The van der Waals surface area contributed by atoms with Crippen LogP contribution in [0.1, 0.15) is 17.2 Å². The van der Waals surface area contributed by atoms with Gasteiger partial charge in [-0.25, -0.2) is 0 Å².